The molecule has 0 aliphatic carbocycles. The Morgan fingerprint density at radius 1 is 1.42 bits per heavy atom. The number of aromatic nitrogens is 2. The molecule has 0 fully saturated rings. The van der Waals surface area contributed by atoms with E-state index >= 15 is 0 Å². The van der Waals surface area contributed by atoms with Gasteiger partial charge in [0, 0.05) is 25.8 Å². The number of nitrogens with one attached hydrogen (secondary N) is 1. The molecule has 0 saturated heterocycles. The lowest BCUT2D eigenvalue weighted by Crippen LogP contribution is -2.23. The maximum Gasteiger partial charge on any atom is 0.131 e. The van der Waals surface area contributed by atoms with Gasteiger partial charge in [-0.2, -0.15) is 5.10 Å². The second kappa shape index (κ2) is 7.88. The van der Waals surface area contributed by atoms with E-state index in [1.807, 2.05) is 7.05 Å². The molecule has 0 aromatic carbocycles. The molecule has 1 aromatic rings. The fraction of sp³-hybridized carbons (Fsp3) is 0.786. The average molecular weight is 288 g/mol. The first-order valence-corrected chi connectivity index (χ1v) is 7.41. The van der Waals surface area contributed by atoms with Crippen LogP contribution in [-0.4, -0.2) is 28.0 Å². The highest BCUT2D eigenvalue weighted by atomic mass is 35.5. The molecule has 5 heteroatoms. The number of halogens is 1. The summed E-state index contributed by atoms with van der Waals surface area (Å²) in [7, 11) is 1.87. The Balaban J connectivity index is 2.62. The highest BCUT2D eigenvalue weighted by Crippen LogP contribution is 2.25. The van der Waals surface area contributed by atoms with Crippen LogP contribution in [-0.2, 0) is 13.6 Å². The Labute approximate surface area is 121 Å². The number of nitrogens with zero attached hydrogens (tertiary/aromatic N) is 2. The molecule has 0 amide bonds. The molecule has 1 atom stereocenters. The van der Waals surface area contributed by atoms with Crippen molar-refractivity contribution in [2.75, 3.05) is 13.2 Å². The van der Waals surface area contributed by atoms with Gasteiger partial charge in [0.15, 0.2) is 0 Å². The van der Waals surface area contributed by atoms with E-state index in [-0.39, 0.29) is 6.61 Å². The van der Waals surface area contributed by atoms with E-state index in [1.165, 1.54) is 0 Å². The summed E-state index contributed by atoms with van der Waals surface area (Å²) in [5.74, 6) is 0.887. The van der Waals surface area contributed by atoms with Crippen molar-refractivity contribution in [1.82, 2.24) is 15.1 Å². The molecule has 0 bridgehead atoms. The van der Waals surface area contributed by atoms with Crippen LogP contribution in [0.5, 0.6) is 0 Å². The lowest BCUT2D eigenvalue weighted by Gasteiger charge is -2.14. The van der Waals surface area contributed by atoms with Gasteiger partial charge in [0.2, 0.25) is 0 Å². The quantitative estimate of drug-likeness (QED) is 0.773. The zero-order chi connectivity index (χ0) is 14.4. The minimum absolute atomic E-state index is 0.255. The van der Waals surface area contributed by atoms with Gasteiger partial charge in [0.25, 0.3) is 0 Å². The van der Waals surface area contributed by atoms with Gasteiger partial charge in [-0.15, -0.1) is 0 Å². The molecule has 1 heterocycles. The van der Waals surface area contributed by atoms with Crippen LogP contribution >= 0.6 is 11.6 Å². The smallest absolute Gasteiger partial charge is 0.131 e. The van der Waals surface area contributed by atoms with Crippen LogP contribution in [0.3, 0.4) is 0 Å². The molecule has 110 valence electrons. The summed E-state index contributed by atoms with van der Waals surface area (Å²) in [5.41, 5.74) is 2.16. The second-order valence-electron chi connectivity index (χ2n) is 5.35. The maximum absolute atomic E-state index is 8.99. The molecule has 0 radical (unpaired) electrons. The van der Waals surface area contributed by atoms with Crippen molar-refractivity contribution in [2.45, 2.75) is 46.1 Å². The van der Waals surface area contributed by atoms with Crippen molar-refractivity contribution in [3.8, 4) is 0 Å². The topological polar surface area (TPSA) is 50.1 Å². The predicted molar refractivity (Wildman–Crippen MR) is 79.5 cm³/mol. The number of rotatable bonds is 8. The van der Waals surface area contributed by atoms with E-state index in [4.69, 9.17) is 16.7 Å². The Morgan fingerprint density at radius 3 is 2.63 bits per heavy atom. The zero-order valence-electron chi connectivity index (χ0n) is 12.4. The minimum Gasteiger partial charge on any atom is -0.396 e. The van der Waals surface area contributed by atoms with Crippen molar-refractivity contribution in [1.29, 1.82) is 0 Å². The van der Waals surface area contributed by atoms with Crippen LogP contribution in [0.15, 0.2) is 0 Å². The molecule has 0 saturated carbocycles. The first-order chi connectivity index (χ1) is 9.01. The summed E-state index contributed by atoms with van der Waals surface area (Å²) in [6.07, 6.45) is 1.92. The Morgan fingerprint density at radius 2 is 2.11 bits per heavy atom. The van der Waals surface area contributed by atoms with Gasteiger partial charge in [-0.25, -0.2) is 0 Å². The van der Waals surface area contributed by atoms with Crippen molar-refractivity contribution in [3.05, 3.63) is 16.4 Å². The van der Waals surface area contributed by atoms with Crippen LogP contribution in [0.2, 0.25) is 5.15 Å². The Hall–Kier alpha value is -0.580. The number of aliphatic hydroxyl groups excluding tert-OH is 1. The van der Waals surface area contributed by atoms with Crippen molar-refractivity contribution < 1.29 is 5.11 Å². The molecule has 0 aliphatic rings. The largest absolute Gasteiger partial charge is 0.396 e. The van der Waals surface area contributed by atoms with Crippen LogP contribution in [0.25, 0.3) is 0 Å². The lowest BCUT2D eigenvalue weighted by atomic mass is 10.0. The molecular formula is C14H26ClN3O. The van der Waals surface area contributed by atoms with E-state index < -0.39 is 0 Å². The van der Waals surface area contributed by atoms with Gasteiger partial charge < -0.3 is 10.4 Å². The summed E-state index contributed by atoms with van der Waals surface area (Å²) in [4.78, 5) is 0. The predicted octanol–water partition coefficient (Wildman–Crippen LogP) is 2.70. The van der Waals surface area contributed by atoms with E-state index in [9.17, 15) is 0 Å². The fourth-order valence-electron chi connectivity index (χ4n) is 2.23. The molecule has 1 unspecified atom stereocenters. The molecule has 19 heavy (non-hydrogen) atoms. The summed E-state index contributed by atoms with van der Waals surface area (Å²) in [6, 6.07) is 0. The lowest BCUT2D eigenvalue weighted by molar-refractivity contribution is 0.251. The van der Waals surface area contributed by atoms with Gasteiger partial charge in [0.05, 0.1) is 5.69 Å². The van der Waals surface area contributed by atoms with Gasteiger partial charge in [0.1, 0.15) is 5.15 Å². The summed E-state index contributed by atoms with van der Waals surface area (Å²) in [6.45, 7) is 8.30. The van der Waals surface area contributed by atoms with E-state index in [2.05, 4.69) is 31.2 Å². The zero-order valence-corrected chi connectivity index (χ0v) is 13.2. The van der Waals surface area contributed by atoms with Gasteiger partial charge in [-0.1, -0.05) is 38.8 Å². The van der Waals surface area contributed by atoms with Crippen molar-refractivity contribution in [2.24, 2.45) is 13.0 Å². The first-order valence-electron chi connectivity index (χ1n) is 7.04. The maximum atomic E-state index is 8.99. The molecule has 0 spiro atoms. The summed E-state index contributed by atoms with van der Waals surface area (Å²) >= 11 is 6.29. The Bertz CT molecular complexity index is 390. The molecule has 4 nitrogen and oxygen atoms in total. The highest BCUT2D eigenvalue weighted by molar-refractivity contribution is 6.30. The number of hydrogen-bond acceptors (Lipinski definition) is 3. The minimum atomic E-state index is 0.255. The highest BCUT2D eigenvalue weighted by Gasteiger charge is 2.17. The SMILES string of the molecule is CCC(CCO)CNCc1c(C(C)C)nn(C)c1Cl. The van der Waals surface area contributed by atoms with Gasteiger partial charge in [-0.3, -0.25) is 4.68 Å². The summed E-state index contributed by atoms with van der Waals surface area (Å²) < 4.78 is 1.74. The van der Waals surface area contributed by atoms with Gasteiger partial charge in [-0.05, 0) is 24.8 Å². The second-order valence-corrected chi connectivity index (χ2v) is 5.71. The number of aryl methyl sites for hydroxylation is 1. The third-order valence-electron chi connectivity index (χ3n) is 3.50. The number of hydrogen-bond donors (Lipinski definition) is 2. The first kappa shape index (κ1) is 16.5. The fourth-order valence-corrected chi connectivity index (χ4v) is 2.43. The van der Waals surface area contributed by atoms with Crippen molar-refractivity contribution in [3.63, 3.8) is 0 Å². The van der Waals surface area contributed by atoms with Crippen LogP contribution in [0, 0.1) is 5.92 Å². The molecule has 2 N–H and O–H groups in total. The van der Waals surface area contributed by atoms with Crippen LogP contribution in [0.1, 0.15) is 50.8 Å². The monoisotopic (exact) mass is 287 g/mol. The molecular weight excluding hydrogens is 262 g/mol. The van der Waals surface area contributed by atoms with Crippen LogP contribution < -0.4 is 5.32 Å². The normalized spacial score (nSPS) is 13.2. The third-order valence-corrected chi connectivity index (χ3v) is 3.97. The van der Waals surface area contributed by atoms with Crippen molar-refractivity contribution >= 4 is 11.6 Å². The van der Waals surface area contributed by atoms with E-state index in [1.54, 1.807) is 4.68 Å². The third kappa shape index (κ3) is 4.48. The van der Waals surface area contributed by atoms with E-state index in [0.29, 0.717) is 17.0 Å². The van der Waals surface area contributed by atoms with Crippen LogP contribution in [0.4, 0.5) is 0 Å². The van der Waals surface area contributed by atoms with Gasteiger partial charge >= 0.3 is 0 Å². The standard InChI is InChI=1S/C14H26ClN3O/c1-5-11(6-7-19)8-16-9-12-13(10(2)3)17-18(4)14(12)15/h10-11,16,19H,5-9H2,1-4H3. The number of aliphatic hydroxyl groups is 1. The molecule has 1 aromatic heterocycles. The Kier molecular flexibility index (Phi) is 6.83. The molecule has 1 rings (SSSR count). The molecule has 0 aliphatic heterocycles. The average Bonchev–Trinajstić information content (AvgIpc) is 2.66. The van der Waals surface area contributed by atoms with E-state index in [0.717, 1.165) is 37.2 Å². The summed E-state index contributed by atoms with van der Waals surface area (Å²) in [5, 5.41) is 17.6.